The summed E-state index contributed by atoms with van der Waals surface area (Å²) in [5.41, 5.74) is 5.53. The molecule has 2 N–H and O–H groups in total. The minimum Gasteiger partial charge on any atom is -0.507 e. The van der Waals surface area contributed by atoms with Crippen LogP contribution in [-0.4, -0.2) is 29.3 Å². The number of imidazole rings is 2. The zero-order valence-corrected chi connectivity index (χ0v) is 28.1. The number of hydrogen-bond acceptors (Lipinski definition) is 4. The Morgan fingerprint density at radius 2 is 0.911 bits per heavy atom. The van der Waals surface area contributed by atoms with Gasteiger partial charge in [-0.05, 0) is 52.0 Å². The fourth-order valence-corrected chi connectivity index (χ4v) is 6.59. The number of para-hydroxylation sites is 4. The predicted octanol–water partition coefficient (Wildman–Crippen LogP) is 7.61. The fourth-order valence-electron chi connectivity index (χ4n) is 6.59. The molecule has 0 unspecified atom stereocenters. The molecule has 230 valence electrons. The van der Waals surface area contributed by atoms with Crippen molar-refractivity contribution in [2.45, 2.75) is 51.4 Å². The second-order valence-electron chi connectivity index (χ2n) is 12.8. The van der Waals surface area contributed by atoms with Crippen molar-refractivity contribution in [3.63, 3.8) is 0 Å². The van der Waals surface area contributed by atoms with E-state index in [-0.39, 0.29) is 32.6 Å². The summed E-state index contributed by atoms with van der Waals surface area (Å²) in [6, 6.07) is 32.2. The molecule has 0 amide bonds. The molecule has 0 aliphatic carbocycles. The van der Waals surface area contributed by atoms with Crippen LogP contribution in [0, 0.1) is 0 Å². The topological polar surface area (TPSA) is 76.1 Å². The Hall–Kier alpha value is -4.41. The van der Waals surface area contributed by atoms with Gasteiger partial charge in [-0.1, -0.05) is 72.8 Å². The summed E-state index contributed by atoms with van der Waals surface area (Å²) in [5.74, 6) is 2.13. The van der Waals surface area contributed by atoms with Gasteiger partial charge in [-0.2, -0.15) is 0 Å². The number of phenolic OH excluding ortho intramolecular Hbond substituents is 2. The molecule has 8 bridgehead atoms. The van der Waals surface area contributed by atoms with Gasteiger partial charge in [0.15, 0.2) is 0 Å². The number of rotatable bonds is 2. The molecule has 3 heterocycles. The third-order valence-corrected chi connectivity index (χ3v) is 9.03. The Morgan fingerprint density at radius 1 is 0.533 bits per heavy atom. The summed E-state index contributed by atoms with van der Waals surface area (Å²) in [4.78, 5) is 10.4. The van der Waals surface area contributed by atoms with Crippen LogP contribution in [0.4, 0.5) is 0 Å². The summed E-state index contributed by atoms with van der Waals surface area (Å²) >= 11 is 0. The van der Waals surface area contributed by atoms with E-state index >= 15 is 0 Å². The van der Waals surface area contributed by atoms with Crippen LogP contribution in [0.15, 0.2) is 109 Å². The van der Waals surface area contributed by atoms with Crippen LogP contribution in [0.1, 0.15) is 73.0 Å². The van der Waals surface area contributed by atoms with E-state index in [0.29, 0.717) is 12.8 Å². The molecular formula is C38H36N4O2Pt. The smallest absolute Gasteiger partial charge is 0.123 e. The summed E-state index contributed by atoms with van der Waals surface area (Å²) in [5, 5.41) is 23.6. The predicted molar refractivity (Wildman–Crippen MR) is 173 cm³/mol. The molecule has 0 spiro atoms. The first-order chi connectivity index (χ1) is 21.1. The van der Waals surface area contributed by atoms with E-state index in [9.17, 15) is 10.2 Å². The SMILES string of the molecule is CC1(C)c2cccc(c2O)Cc2cn(-c3ccccc3)c(n2)C(C)(C)c2cccc(c2O)Cc2cn(-c3ccccc3)c1n2.[Pt]. The quantitative estimate of drug-likeness (QED) is 0.190. The first kappa shape index (κ1) is 30.6. The maximum absolute atomic E-state index is 11.8. The average molecular weight is 776 g/mol. The monoisotopic (exact) mass is 775 g/mol. The van der Waals surface area contributed by atoms with Gasteiger partial charge in [0.25, 0.3) is 0 Å². The zero-order valence-electron chi connectivity index (χ0n) is 25.8. The van der Waals surface area contributed by atoms with Crippen molar-refractivity contribution in [3.8, 4) is 22.9 Å². The average Bonchev–Trinajstić information content (AvgIpc) is 3.65. The Balaban J connectivity index is 0.00000357. The van der Waals surface area contributed by atoms with Crippen LogP contribution in [0.3, 0.4) is 0 Å². The van der Waals surface area contributed by atoms with E-state index in [4.69, 9.17) is 9.97 Å². The molecular weight excluding hydrogens is 740 g/mol. The molecule has 0 atom stereocenters. The Bertz CT molecular complexity index is 1850. The van der Waals surface area contributed by atoms with Crippen molar-refractivity contribution in [2.75, 3.05) is 0 Å². The zero-order chi connectivity index (χ0) is 30.6. The Labute approximate surface area is 278 Å². The van der Waals surface area contributed by atoms with E-state index in [1.165, 1.54) is 0 Å². The van der Waals surface area contributed by atoms with Gasteiger partial charge < -0.3 is 19.3 Å². The van der Waals surface area contributed by atoms with E-state index in [1.54, 1.807) is 0 Å². The molecule has 0 radical (unpaired) electrons. The van der Waals surface area contributed by atoms with Gasteiger partial charge >= 0.3 is 0 Å². The van der Waals surface area contributed by atoms with Crippen LogP contribution in [0.5, 0.6) is 11.5 Å². The summed E-state index contributed by atoms with van der Waals surface area (Å²) in [6.45, 7) is 8.40. The molecule has 0 saturated heterocycles. The second kappa shape index (κ2) is 11.5. The maximum atomic E-state index is 11.8. The summed E-state index contributed by atoms with van der Waals surface area (Å²) < 4.78 is 4.22. The number of aromatic hydroxyl groups is 2. The van der Waals surface area contributed by atoms with E-state index in [2.05, 4.69) is 73.5 Å². The molecule has 2 aromatic heterocycles. The third-order valence-electron chi connectivity index (χ3n) is 9.03. The first-order valence-corrected chi connectivity index (χ1v) is 15.1. The molecule has 1 aliphatic rings. The van der Waals surface area contributed by atoms with Crippen molar-refractivity contribution >= 4 is 0 Å². The van der Waals surface area contributed by atoms with E-state index in [1.807, 2.05) is 72.8 Å². The molecule has 45 heavy (non-hydrogen) atoms. The summed E-state index contributed by atoms with van der Waals surface area (Å²) in [7, 11) is 0. The van der Waals surface area contributed by atoms with Crippen LogP contribution in [-0.2, 0) is 44.7 Å². The minimum absolute atomic E-state index is 0. The van der Waals surface area contributed by atoms with Crippen molar-refractivity contribution in [2.24, 2.45) is 0 Å². The van der Waals surface area contributed by atoms with Crippen LogP contribution in [0.2, 0.25) is 0 Å². The maximum Gasteiger partial charge on any atom is 0.123 e. The summed E-state index contributed by atoms with van der Waals surface area (Å²) in [6.07, 6.45) is 5.00. The molecule has 7 heteroatoms. The molecule has 6 nitrogen and oxygen atoms in total. The van der Waals surface area contributed by atoms with Crippen molar-refractivity contribution in [1.82, 2.24) is 19.1 Å². The first-order valence-electron chi connectivity index (χ1n) is 15.1. The van der Waals surface area contributed by atoms with Gasteiger partial charge in [-0.15, -0.1) is 0 Å². The largest absolute Gasteiger partial charge is 0.507 e. The Morgan fingerprint density at radius 3 is 1.29 bits per heavy atom. The van der Waals surface area contributed by atoms with Gasteiger partial charge in [0.2, 0.25) is 0 Å². The van der Waals surface area contributed by atoms with Crippen molar-refractivity contribution in [3.05, 3.63) is 155 Å². The second-order valence-corrected chi connectivity index (χ2v) is 12.8. The standard InChI is InChI=1S/C38H36N4O2.Pt/c1-37(2)31-19-11-13-25(33(31)43)21-28-24-42(30-17-9-6-10-18-30)36(40-28)38(3,4)32-20-12-14-26(34(32)44)22-27-23-41(35(37)39-27)29-15-7-5-8-16-29;/h5-20,23-24,43-44H,21-22H2,1-4H3;. The van der Waals surface area contributed by atoms with Gasteiger partial charge in [0, 0.05) is 79.9 Å². The normalized spacial score (nSPS) is 14.8. The van der Waals surface area contributed by atoms with Gasteiger partial charge in [-0.25, -0.2) is 9.97 Å². The fraction of sp³-hybridized carbons (Fsp3) is 0.211. The number of fused-ring (bicyclic) bond motifs is 8. The number of nitrogens with zero attached hydrogens (tertiary/aromatic N) is 4. The molecule has 0 fully saturated rings. The van der Waals surface area contributed by atoms with Gasteiger partial charge in [0.1, 0.15) is 23.1 Å². The number of hydrogen-bond donors (Lipinski definition) is 2. The molecule has 7 rings (SSSR count). The minimum atomic E-state index is -0.647. The van der Waals surface area contributed by atoms with Crippen LogP contribution in [0.25, 0.3) is 11.4 Å². The third kappa shape index (κ3) is 5.21. The molecule has 4 aromatic carbocycles. The van der Waals surface area contributed by atoms with Gasteiger partial charge in [0.05, 0.1) is 22.2 Å². The molecule has 1 aliphatic heterocycles. The van der Waals surface area contributed by atoms with Crippen LogP contribution < -0.4 is 0 Å². The van der Waals surface area contributed by atoms with Crippen molar-refractivity contribution < 1.29 is 31.3 Å². The van der Waals surface area contributed by atoms with E-state index < -0.39 is 10.8 Å². The van der Waals surface area contributed by atoms with Gasteiger partial charge in [-0.3, -0.25) is 0 Å². The molecule has 6 aromatic rings. The number of benzene rings is 4. The molecule has 0 saturated carbocycles. The number of phenols is 2. The Kier molecular flexibility index (Phi) is 7.82. The van der Waals surface area contributed by atoms with E-state index in [0.717, 1.165) is 56.7 Å². The van der Waals surface area contributed by atoms with Crippen LogP contribution >= 0.6 is 0 Å². The van der Waals surface area contributed by atoms with Crippen molar-refractivity contribution in [1.29, 1.82) is 0 Å². The number of aromatic nitrogens is 4.